The van der Waals surface area contributed by atoms with Crippen LogP contribution in [-0.2, 0) is 15.3 Å². The Morgan fingerprint density at radius 1 is 1.04 bits per heavy atom. The van der Waals surface area contributed by atoms with Gasteiger partial charge in [-0.3, -0.25) is 0 Å². The van der Waals surface area contributed by atoms with E-state index in [0.717, 1.165) is 17.7 Å². The van der Waals surface area contributed by atoms with Crippen LogP contribution >= 0.6 is 23.2 Å². The molecule has 0 N–H and O–H groups in total. The lowest BCUT2D eigenvalue weighted by atomic mass is 10.1. The average molecular weight is 351 g/mol. The quantitative estimate of drug-likeness (QED) is 0.651. The van der Waals surface area contributed by atoms with E-state index in [-0.39, 0.29) is 0 Å². The largest absolute Gasteiger partial charge is 0.457 e. The van der Waals surface area contributed by atoms with Crippen molar-refractivity contribution in [3.05, 3.63) is 70.1 Å². The molecule has 0 fully saturated rings. The number of hydrogen-bond acceptors (Lipinski definition) is 3. The number of ether oxygens (including phenoxy) is 3. The zero-order chi connectivity index (χ0) is 16.4. The zero-order valence-electron chi connectivity index (χ0n) is 12.8. The van der Waals surface area contributed by atoms with Gasteiger partial charge in [0.2, 0.25) is 0 Å². The molecule has 2 aromatic rings. The van der Waals surface area contributed by atoms with Crippen molar-refractivity contribution in [1.82, 2.24) is 0 Å². The van der Waals surface area contributed by atoms with Gasteiger partial charge in [0.25, 0.3) is 5.79 Å². The van der Waals surface area contributed by atoms with Gasteiger partial charge < -0.3 is 14.2 Å². The number of benzene rings is 2. The van der Waals surface area contributed by atoms with E-state index in [1.807, 2.05) is 26.0 Å². The van der Waals surface area contributed by atoms with E-state index in [2.05, 4.69) is 0 Å². The van der Waals surface area contributed by atoms with E-state index >= 15 is 0 Å². The highest BCUT2D eigenvalue weighted by Gasteiger charge is 2.37. The summed E-state index contributed by atoms with van der Waals surface area (Å²) in [5.74, 6) is 1.21. The third kappa shape index (κ3) is 3.41. The number of allylic oxidation sites excluding steroid dienone is 1. The van der Waals surface area contributed by atoms with Gasteiger partial charge in [0.05, 0.1) is 10.6 Å². The molecule has 2 aromatic carbocycles. The van der Waals surface area contributed by atoms with Crippen molar-refractivity contribution in [3.63, 3.8) is 0 Å². The van der Waals surface area contributed by atoms with Gasteiger partial charge in [-0.1, -0.05) is 30.1 Å². The lowest BCUT2D eigenvalue weighted by molar-refractivity contribution is -0.141. The normalized spacial score (nSPS) is 19.7. The topological polar surface area (TPSA) is 27.7 Å². The summed E-state index contributed by atoms with van der Waals surface area (Å²) in [5, 5.41) is 1.18. The van der Waals surface area contributed by atoms with Crippen molar-refractivity contribution >= 4 is 23.2 Å². The molecule has 0 aromatic heterocycles. The Morgan fingerprint density at radius 3 is 2.35 bits per heavy atom. The lowest BCUT2D eigenvalue weighted by Crippen LogP contribution is -2.23. The van der Waals surface area contributed by atoms with Gasteiger partial charge in [0.15, 0.2) is 0 Å². The van der Waals surface area contributed by atoms with Crippen LogP contribution in [0, 0.1) is 0 Å². The van der Waals surface area contributed by atoms with Crippen LogP contribution in [0.1, 0.15) is 25.8 Å². The fourth-order valence-corrected chi connectivity index (χ4v) is 2.78. The summed E-state index contributed by atoms with van der Waals surface area (Å²) in [6.07, 6.45) is 2.40. The number of rotatable bonds is 4. The first-order valence-corrected chi connectivity index (χ1v) is 8.05. The highest BCUT2D eigenvalue weighted by Crippen LogP contribution is 2.40. The Kier molecular flexibility index (Phi) is 4.42. The van der Waals surface area contributed by atoms with Crippen LogP contribution in [0.15, 0.2) is 54.5 Å². The summed E-state index contributed by atoms with van der Waals surface area (Å²) in [6.45, 7) is 3.85. The molecule has 120 valence electrons. The van der Waals surface area contributed by atoms with Crippen LogP contribution in [0.2, 0.25) is 10.0 Å². The standard InChI is InChI=1S/C18H16Cl2O3/c1-3-13-11-21-18(2,23-13)16-9-8-15(10-17(16)20)22-14-6-4-12(19)5-7-14/h4-11H,3H2,1-2H3. The maximum atomic E-state index is 6.40. The fourth-order valence-electron chi connectivity index (χ4n) is 2.32. The molecule has 1 aliphatic rings. The van der Waals surface area contributed by atoms with Gasteiger partial charge in [0, 0.05) is 18.4 Å². The van der Waals surface area contributed by atoms with Crippen LogP contribution in [0.3, 0.4) is 0 Å². The van der Waals surface area contributed by atoms with E-state index in [9.17, 15) is 0 Å². The SMILES string of the molecule is CCC1=COC(C)(c2ccc(Oc3ccc(Cl)cc3)cc2Cl)O1. The van der Waals surface area contributed by atoms with Gasteiger partial charge in [0.1, 0.15) is 23.5 Å². The van der Waals surface area contributed by atoms with Crippen LogP contribution in [0.4, 0.5) is 0 Å². The summed E-state index contributed by atoms with van der Waals surface area (Å²) in [4.78, 5) is 0. The van der Waals surface area contributed by atoms with Crippen LogP contribution in [0.5, 0.6) is 11.5 Å². The zero-order valence-corrected chi connectivity index (χ0v) is 14.3. The van der Waals surface area contributed by atoms with E-state index < -0.39 is 5.79 Å². The van der Waals surface area contributed by atoms with Crippen molar-refractivity contribution in [2.24, 2.45) is 0 Å². The van der Waals surface area contributed by atoms with Crippen molar-refractivity contribution in [1.29, 1.82) is 0 Å². The Labute approximate surface area is 145 Å². The molecule has 0 saturated carbocycles. The molecule has 0 amide bonds. The minimum Gasteiger partial charge on any atom is -0.457 e. The first-order valence-electron chi connectivity index (χ1n) is 7.29. The molecule has 0 radical (unpaired) electrons. The molecular formula is C18H16Cl2O3. The Balaban J connectivity index is 1.80. The molecule has 3 rings (SSSR count). The minimum atomic E-state index is -0.902. The van der Waals surface area contributed by atoms with Gasteiger partial charge in [-0.15, -0.1) is 0 Å². The number of halogens is 2. The molecule has 1 aliphatic heterocycles. The molecule has 1 heterocycles. The lowest BCUT2D eigenvalue weighted by Gasteiger charge is -2.25. The van der Waals surface area contributed by atoms with Crippen LogP contribution < -0.4 is 4.74 Å². The monoisotopic (exact) mass is 350 g/mol. The van der Waals surface area contributed by atoms with Gasteiger partial charge in [-0.2, -0.15) is 0 Å². The van der Waals surface area contributed by atoms with Crippen molar-refractivity contribution in [3.8, 4) is 11.5 Å². The first-order chi connectivity index (χ1) is 11.0. The molecular weight excluding hydrogens is 335 g/mol. The second-order valence-corrected chi connectivity index (χ2v) is 6.14. The molecule has 0 spiro atoms. The summed E-state index contributed by atoms with van der Waals surface area (Å²) in [6, 6.07) is 12.6. The molecule has 23 heavy (non-hydrogen) atoms. The van der Waals surface area contributed by atoms with Crippen molar-refractivity contribution in [2.45, 2.75) is 26.1 Å². The summed E-state index contributed by atoms with van der Waals surface area (Å²) in [7, 11) is 0. The smallest absolute Gasteiger partial charge is 0.275 e. The second-order valence-electron chi connectivity index (χ2n) is 5.30. The van der Waals surface area contributed by atoms with E-state index in [1.165, 1.54) is 0 Å². The van der Waals surface area contributed by atoms with Gasteiger partial charge in [-0.25, -0.2) is 0 Å². The summed E-state index contributed by atoms with van der Waals surface area (Å²) < 4.78 is 17.3. The maximum absolute atomic E-state index is 6.40. The third-order valence-corrected chi connectivity index (χ3v) is 4.13. The highest BCUT2D eigenvalue weighted by atomic mass is 35.5. The fraction of sp³-hybridized carbons (Fsp3) is 0.222. The van der Waals surface area contributed by atoms with E-state index in [1.54, 1.807) is 36.6 Å². The predicted octanol–water partition coefficient (Wildman–Crippen LogP) is 6.26. The first kappa shape index (κ1) is 16.0. The Bertz CT molecular complexity index is 740. The minimum absolute atomic E-state index is 0.518. The molecule has 0 aliphatic carbocycles. The van der Waals surface area contributed by atoms with Gasteiger partial charge >= 0.3 is 0 Å². The highest BCUT2D eigenvalue weighted by molar-refractivity contribution is 6.31. The van der Waals surface area contributed by atoms with E-state index in [0.29, 0.717) is 21.5 Å². The van der Waals surface area contributed by atoms with Crippen molar-refractivity contribution in [2.75, 3.05) is 0 Å². The summed E-state index contributed by atoms with van der Waals surface area (Å²) >= 11 is 12.3. The maximum Gasteiger partial charge on any atom is 0.275 e. The summed E-state index contributed by atoms with van der Waals surface area (Å²) in [5.41, 5.74) is 0.752. The number of hydrogen-bond donors (Lipinski definition) is 0. The molecule has 1 atom stereocenters. The molecule has 0 saturated heterocycles. The van der Waals surface area contributed by atoms with Gasteiger partial charge in [-0.05, 0) is 42.5 Å². The Hall–Kier alpha value is -1.84. The van der Waals surface area contributed by atoms with Crippen LogP contribution in [-0.4, -0.2) is 0 Å². The molecule has 5 heteroatoms. The molecule has 0 bridgehead atoms. The van der Waals surface area contributed by atoms with Crippen LogP contribution in [0.25, 0.3) is 0 Å². The predicted molar refractivity (Wildman–Crippen MR) is 90.9 cm³/mol. The third-order valence-electron chi connectivity index (χ3n) is 3.57. The molecule has 3 nitrogen and oxygen atoms in total. The molecule has 1 unspecified atom stereocenters. The van der Waals surface area contributed by atoms with Crippen molar-refractivity contribution < 1.29 is 14.2 Å². The average Bonchev–Trinajstić information content (AvgIpc) is 2.92. The van der Waals surface area contributed by atoms with E-state index in [4.69, 9.17) is 37.4 Å². The Morgan fingerprint density at radius 2 is 1.74 bits per heavy atom. The second kappa shape index (κ2) is 6.34.